The third-order valence-corrected chi connectivity index (χ3v) is 2.66. The number of halogens is 5. The number of hydrogen-bond donors (Lipinski definition) is 1. The fourth-order valence-electron chi connectivity index (χ4n) is 1.80. The first-order valence-corrected chi connectivity index (χ1v) is 5.97. The van der Waals surface area contributed by atoms with Gasteiger partial charge < -0.3 is 5.32 Å². The van der Waals surface area contributed by atoms with E-state index >= 15 is 0 Å². The average Bonchev–Trinajstić information content (AvgIpc) is 2.74. The number of hydrogen-bond acceptors (Lipinski definition) is 2. The minimum absolute atomic E-state index is 0. The van der Waals surface area contributed by atoms with Gasteiger partial charge in [-0.25, -0.2) is 4.39 Å². The summed E-state index contributed by atoms with van der Waals surface area (Å²) in [6, 6.07) is 7.55. The van der Waals surface area contributed by atoms with Crippen LogP contribution in [0, 0.1) is 5.82 Å². The molecule has 2 rings (SSSR count). The lowest BCUT2D eigenvalue weighted by atomic mass is 10.2. The van der Waals surface area contributed by atoms with Crippen molar-refractivity contribution in [1.82, 2.24) is 15.1 Å². The van der Waals surface area contributed by atoms with Crippen LogP contribution in [-0.4, -0.2) is 16.0 Å². The minimum Gasteiger partial charge on any atom is -0.307 e. The molecule has 0 fully saturated rings. The second-order valence-corrected chi connectivity index (χ2v) is 4.33. The molecule has 0 saturated carbocycles. The van der Waals surface area contributed by atoms with Gasteiger partial charge >= 0.3 is 6.18 Å². The number of aromatic nitrogens is 2. The van der Waals surface area contributed by atoms with Crippen molar-refractivity contribution in [3.05, 3.63) is 53.6 Å². The Balaban J connectivity index is 0.00000220. The van der Waals surface area contributed by atoms with E-state index < -0.39 is 12.7 Å². The van der Waals surface area contributed by atoms with Crippen LogP contribution in [0.1, 0.15) is 11.3 Å². The summed E-state index contributed by atoms with van der Waals surface area (Å²) in [5, 5.41) is 6.60. The quantitative estimate of drug-likeness (QED) is 0.856. The van der Waals surface area contributed by atoms with E-state index in [-0.39, 0.29) is 24.8 Å². The van der Waals surface area contributed by atoms with Crippen molar-refractivity contribution in [3.63, 3.8) is 0 Å². The Hall–Kier alpha value is -1.60. The third-order valence-electron chi connectivity index (χ3n) is 2.66. The van der Waals surface area contributed by atoms with E-state index in [0.717, 1.165) is 10.2 Å². The van der Waals surface area contributed by atoms with Gasteiger partial charge in [0, 0.05) is 19.3 Å². The van der Waals surface area contributed by atoms with Crippen molar-refractivity contribution < 1.29 is 17.6 Å². The molecule has 0 aliphatic rings. The van der Waals surface area contributed by atoms with Gasteiger partial charge in [0.25, 0.3) is 0 Å². The van der Waals surface area contributed by atoms with Crippen LogP contribution in [0.15, 0.2) is 36.5 Å². The van der Waals surface area contributed by atoms with Gasteiger partial charge in [0.05, 0.1) is 5.69 Å². The molecule has 0 aliphatic heterocycles. The van der Waals surface area contributed by atoms with Crippen LogP contribution < -0.4 is 5.32 Å². The second kappa shape index (κ2) is 7.42. The van der Waals surface area contributed by atoms with Crippen molar-refractivity contribution in [2.24, 2.45) is 0 Å². The van der Waals surface area contributed by atoms with E-state index in [0.29, 0.717) is 12.2 Å². The summed E-state index contributed by atoms with van der Waals surface area (Å²) in [6.45, 7) is -0.515. The molecule has 3 nitrogen and oxygen atoms in total. The van der Waals surface area contributed by atoms with E-state index in [4.69, 9.17) is 0 Å². The number of rotatable bonds is 5. The van der Waals surface area contributed by atoms with E-state index in [1.165, 1.54) is 24.4 Å². The number of nitrogens with one attached hydrogen (secondary N) is 1. The molecule has 21 heavy (non-hydrogen) atoms. The van der Waals surface area contributed by atoms with Gasteiger partial charge in [-0.05, 0) is 23.8 Å². The summed E-state index contributed by atoms with van der Waals surface area (Å²) in [7, 11) is 0. The first-order valence-electron chi connectivity index (χ1n) is 5.97. The van der Waals surface area contributed by atoms with Crippen LogP contribution >= 0.6 is 12.4 Å². The third kappa shape index (κ3) is 5.73. The summed E-state index contributed by atoms with van der Waals surface area (Å²) < 4.78 is 50.8. The van der Waals surface area contributed by atoms with E-state index in [1.807, 2.05) is 0 Å². The maximum absolute atomic E-state index is 13.0. The van der Waals surface area contributed by atoms with Crippen LogP contribution in [0.3, 0.4) is 0 Å². The van der Waals surface area contributed by atoms with Gasteiger partial charge in [-0.1, -0.05) is 12.1 Å². The second-order valence-electron chi connectivity index (χ2n) is 4.33. The van der Waals surface area contributed by atoms with Gasteiger partial charge in [-0.15, -0.1) is 12.4 Å². The highest BCUT2D eigenvalue weighted by Gasteiger charge is 2.29. The lowest BCUT2D eigenvalue weighted by molar-refractivity contribution is -0.143. The molecule has 0 saturated heterocycles. The molecule has 0 spiro atoms. The highest BCUT2D eigenvalue weighted by molar-refractivity contribution is 5.85. The van der Waals surface area contributed by atoms with E-state index in [1.54, 1.807) is 12.1 Å². The van der Waals surface area contributed by atoms with Gasteiger partial charge in [0.2, 0.25) is 0 Å². The molecule has 1 aromatic carbocycles. The summed E-state index contributed by atoms with van der Waals surface area (Å²) in [4.78, 5) is 0. The molecule has 116 valence electrons. The maximum Gasteiger partial charge on any atom is 0.408 e. The highest BCUT2D eigenvalue weighted by atomic mass is 35.5. The van der Waals surface area contributed by atoms with Gasteiger partial charge in [0.1, 0.15) is 12.4 Å². The standard InChI is InChI=1S/C13H13F4N3.ClH/c14-11-3-1-2-10(6-11)7-18-8-12-4-5-19-20(12)9-13(15,16)17;/h1-6,18H,7-9H2;1H. The van der Waals surface area contributed by atoms with E-state index in [9.17, 15) is 17.6 Å². The predicted molar refractivity (Wildman–Crippen MR) is 72.5 cm³/mol. The molecule has 0 aliphatic carbocycles. The van der Waals surface area contributed by atoms with Crippen molar-refractivity contribution in [2.45, 2.75) is 25.8 Å². The highest BCUT2D eigenvalue weighted by Crippen LogP contribution is 2.18. The van der Waals surface area contributed by atoms with Crippen LogP contribution in [0.4, 0.5) is 17.6 Å². The fourth-order valence-corrected chi connectivity index (χ4v) is 1.80. The molecular formula is C13H14ClF4N3. The zero-order valence-electron chi connectivity index (χ0n) is 10.9. The predicted octanol–water partition coefficient (Wildman–Crippen LogP) is 3.30. The summed E-state index contributed by atoms with van der Waals surface area (Å²) in [5.74, 6) is -0.341. The Bertz CT molecular complexity index is 569. The molecule has 0 radical (unpaired) electrons. The number of nitrogens with zero attached hydrogens (tertiary/aromatic N) is 2. The number of alkyl halides is 3. The summed E-state index contributed by atoms with van der Waals surface area (Å²) >= 11 is 0. The molecule has 1 aromatic heterocycles. The van der Waals surface area contributed by atoms with Crippen molar-refractivity contribution in [2.75, 3.05) is 0 Å². The topological polar surface area (TPSA) is 29.9 Å². The lowest BCUT2D eigenvalue weighted by Crippen LogP contribution is -2.23. The molecule has 0 atom stereocenters. The average molecular weight is 324 g/mol. The van der Waals surface area contributed by atoms with Gasteiger partial charge in [-0.3, -0.25) is 4.68 Å². The number of benzene rings is 1. The van der Waals surface area contributed by atoms with Crippen molar-refractivity contribution in [1.29, 1.82) is 0 Å². The minimum atomic E-state index is -4.30. The van der Waals surface area contributed by atoms with Gasteiger partial charge in [0.15, 0.2) is 0 Å². The molecule has 1 N–H and O–H groups in total. The first-order chi connectivity index (χ1) is 9.44. The smallest absolute Gasteiger partial charge is 0.307 e. The van der Waals surface area contributed by atoms with Crippen molar-refractivity contribution in [3.8, 4) is 0 Å². The van der Waals surface area contributed by atoms with E-state index in [2.05, 4.69) is 10.4 Å². The fraction of sp³-hybridized carbons (Fsp3) is 0.308. The zero-order chi connectivity index (χ0) is 14.6. The summed E-state index contributed by atoms with van der Waals surface area (Å²) in [6.07, 6.45) is -2.98. The molecule has 0 amide bonds. The Kier molecular flexibility index (Phi) is 6.17. The van der Waals surface area contributed by atoms with Crippen molar-refractivity contribution >= 4 is 12.4 Å². The largest absolute Gasteiger partial charge is 0.408 e. The van der Waals surface area contributed by atoms with Crippen LogP contribution in [-0.2, 0) is 19.6 Å². The van der Waals surface area contributed by atoms with Gasteiger partial charge in [-0.2, -0.15) is 18.3 Å². The Labute approximate surface area is 125 Å². The lowest BCUT2D eigenvalue weighted by Gasteiger charge is -2.11. The Morgan fingerprint density at radius 2 is 1.90 bits per heavy atom. The molecule has 0 bridgehead atoms. The van der Waals surface area contributed by atoms with Crippen LogP contribution in [0.5, 0.6) is 0 Å². The molecular weight excluding hydrogens is 310 g/mol. The zero-order valence-corrected chi connectivity index (χ0v) is 11.7. The molecule has 8 heteroatoms. The Morgan fingerprint density at radius 3 is 2.57 bits per heavy atom. The molecule has 1 heterocycles. The maximum atomic E-state index is 13.0. The monoisotopic (exact) mass is 323 g/mol. The van der Waals surface area contributed by atoms with Crippen LogP contribution in [0.2, 0.25) is 0 Å². The molecule has 0 unspecified atom stereocenters. The van der Waals surface area contributed by atoms with Crippen LogP contribution in [0.25, 0.3) is 0 Å². The molecule has 2 aromatic rings. The Morgan fingerprint density at radius 1 is 1.14 bits per heavy atom. The SMILES string of the molecule is Cl.Fc1cccc(CNCc2ccnn2CC(F)(F)F)c1. The summed E-state index contributed by atoms with van der Waals surface area (Å²) in [5.41, 5.74) is 1.16. The normalized spacial score (nSPS) is 11.2. The first kappa shape index (κ1) is 17.5.